The van der Waals surface area contributed by atoms with E-state index in [9.17, 15) is 17.6 Å². The van der Waals surface area contributed by atoms with Gasteiger partial charge in [-0.1, -0.05) is 24.3 Å². The molecule has 29 heavy (non-hydrogen) atoms. The number of esters is 1. The lowest BCUT2D eigenvalue weighted by Crippen LogP contribution is -2.35. The fraction of sp³-hybridized carbons (Fsp3) is 0.136. The molecule has 5 nitrogen and oxygen atoms in total. The van der Waals surface area contributed by atoms with Gasteiger partial charge < -0.3 is 4.74 Å². The maximum absolute atomic E-state index is 13.3. The summed E-state index contributed by atoms with van der Waals surface area (Å²) in [5.41, 5.74) is 1.74. The van der Waals surface area contributed by atoms with E-state index in [1.54, 1.807) is 6.07 Å². The zero-order valence-corrected chi connectivity index (χ0v) is 16.2. The Bertz CT molecular complexity index is 1160. The summed E-state index contributed by atoms with van der Waals surface area (Å²) in [5.74, 6) is -0.984. The Morgan fingerprint density at radius 2 is 1.72 bits per heavy atom. The van der Waals surface area contributed by atoms with E-state index in [0.29, 0.717) is 12.2 Å². The molecular formula is C22H18FNO4S. The molecule has 0 aromatic heterocycles. The molecule has 0 aliphatic carbocycles. The summed E-state index contributed by atoms with van der Waals surface area (Å²) in [6.45, 7) is 0.379. The molecule has 0 N–H and O–H groups in total. The number of aryl methyl sites for hydroxylation is 1. The van der Waals surface area contributed by atoms with Crippen LogP contribution in [0.2, 0.25) is 0 Å². The summed E-state index contributed by atoms with van der Waals surface area (Å²) < 4.78 is 46.1. The van der Waals surface area contributed by atoms with Gasteiger partial charge in [-0.25, -0.2) is 17.6 Å². The van der Waals surface area contributed by atoms with Crippen molar-refractivity contribution in [2.75, 3.05) is 10.8 Å². The Hall–Kier alpha value is -3.19. The summed E-state index contributed by atoms with van der Waals surface area (Å²) in [7, 11) is -3.83. The monoisotopic (exact) mass is 411 g/mol. The molecule has 4 rings (SSSR count). The number of rotatable bonds is 4. The first-order valence-electron chi connectivity index (χ1n) is 9.13. The maximum atomic E-state index is 13.3. The second-order valence-corrected chi connectivity index (χ2v) is 8.54. The Labute approximate surface area is 168 Å². The summed E-state index contributed by atoms with van der Waals surface area (Å²) in [4.78, 5) is 12.4. The van der Waals surface area contributed by atoms with E-state index in [0.717, 1.165) is 18.4 Å². The summed E-state index contributed by atoms with van der Waals surface area (Å²) in [5, 5.41) is 0. The Morgan fingerprint density at radius 3 is 2.52 bits per heavy atom. The lowest BCUT2D eigenvalue weighted by Gasteiger charge is -2.30. The number of hydrogen-bond acceptors (Lipinski definition) is 4. The average molecular weight is 411 g/mol. The van der Waals surface area contributed by atoms with Crippen LogP contribution in [0, 0.1) is 5.82 Å². The van der Waals surface area contributed by atoms with Crippen LogP contribution in [0.3, 0.4) is 0 Å². The van der Waals surface area contributed by atoms with E-state index in [1.165, 1.54) is 52.8 Å². The van der Waals surface area contributed by atoms with Gasteiger partial charge in [0.1, 0.15) is 11.6 Å². The number of nitrogens with zero attached hydrogens (tertiary/aromatic N) is 1. The van der Waals surface area contributed by atoms with E-state index in [4.69, 9.17) is 4.74 Å². The minimum absolute atomic E-state index is 0.0164. The van der Waals surface area contributed by atoms with E-state index >= 15 is 0 Å². The van der Waals surface area contributed by atoms with Crippen molar-refractivity contribution in [1.82, 2.24) is 0 Å². The van der Waals surface area contributed by atoms with Gasteiger partial charge in [-0.05, 0) is 66.9 Å². The van der Waals surface area contributed by atoms with Crippen LogP contribution in [-0.2, 0) is 16.4 Å². The first-order valence-corrected chi connectivity index (χ1v) is 10.6. The van der Waals surface area contributed by atoms with Gasteiger partial charge in [0.25, 0.3) is 10.0 Å². The highest BCUT2D eigenvalue weighted by Gasteiger charge is 2.29. The maximum Gasteiger partial charge on any atom is 0.343 e. The van der Waals surface area contributed by atoms with Crippen LogP contribution < -0.4 is 9.04 Å². The zero-order valence-electron chi connectivity index (χ0n) is 15.4. The molecule has 7 heteroatoms. The highest BCUT2D eigenvalue weighted by Crippen LogP contribution is 2.32. The number of halogens is 1. The smallest absolute Gasteiger partial charge is 0.343 e. The Balaban J connectivity index is 1.63. The van der Waals surface area contributed by atoms with Crippen LogP contribution in [0.4, 0.5) is 10.1 Å². The number of para-hydroxylation sites is 1. The van der Waals surface area contributed by atoms with Crippen LogP contribution in [0.5, 0.6) is 5.75 Å². The molecule has 0 bridgehead atoms. The first kappa shape index (κ1) is 19.1. The van der Waals surface area contributed by atoms with Crippen molar-refractivity contribution in [1.29, 1.82) is 0 Å². The number of sulfonamides is 1. The largest absolute Gasteiger partial charge is 0.423 e. The van der Waals surface area contributed by atoms with Gasteiger partial charge in [-0.2, -0.15) is 0 Å². The number of fused-ring (bicyclic) bond motifs is 1. The fourth-order valence-corrected chi connectivity index (χ4v) is 4.92. The van der Waals surface area contributed by atoms with Crippen LogP contribution in [0.25, 0.3) is 0 Å². The van der Waals surface area contributed by atoms with Crippen LogP contribution in [0.15, 0.2) is 77.7 Å². The lowest BCUT2D eigenvalue weighted by atomic mass is 10.0. The topological polar surface area (TPSA) is 63.7 Å². The predicted octanol–water partition coefficient (Wildman–Crippen LogP) is 4.19. The second-order valence-electron chi connectivity index (χ2n) is 6.68. The van der Waals surface area contributed by atoms with Crippen molar-refractivity contribution in [3.8, 4) is 5.75 Å². The van der Waals surface area contributed by atoms with Gasteiger partial charge in [0.05, 0.1) is 16.1 Å². The molecule has 1 aliphatic heterocycles. The average Bonchev–Trinajstić information content (AvgIpc) is 2.75. The summed E-state index contributed by atoms with van der Waals surface area (Å²) in [6, 6.07) is 18.2. The van der Waals surface area contributed by atoms with Gasteiger partial charge in [0, 0.05) is 6.54 Å². The molecule has 0 radical (unpaired) electrons. The molecule has 1 heterocycles. The third-order valence-electron chi connectivity index (χ3n) is 4.75. The van der Waals surface area contributed by atoms with Crippen molar-refractivity contribution in [2.45, 2.75) is 17.7 Å². The second kappa shape index (κ2) is 7.67. The van der Waals surface area contributed by atoms with Gasteiger partial charge in [0.2, 0.25) is 0 Å². The number of carbonyl (C=O) groups excluding carboxylic acids is 1. The molecule has 0 unspecified atom stereocenters. The number of anilines is 1. The molecule has 148 valence electrons. The number of carbonyl (C=O) groups is 1. The molecule has 0 atom stereocenters. The Morgan fingerprint density at radius 1 is 0.966 bits per heavy atom. The molecule has 3 aromatic carbocycles. The number of benzene rings is 3. The molecule has 1 aliphatic rings. The van der Waals surface area contributed by atoms with Crippen molar-refractivity contribution in [2.24, 2.45) is 0 Å². The SMILES string of the molecule is O=C(Oc1ccc(F)cc1)c1cccc(S(=O)(=O)N2CCCc3ccccc32)c1. The van der Waals surface area contributed by atoms with Gasteiger partial charge in [-0.3, -0.25) is 4.31 Å². The zero-order chi connectivity index (χ0) is 20.4. The predicted molar refractivity (Wildman–Crippen MR) is 107 cm³/mol. The van der Waals surface area contributed by atoms with Gasteiger partial charge in [-0.15, -0.1) is 0 Å². The van der Waals surface area contributed by atoms with Crippen molar-refractivity contribution >= 4 is 21.7 Å². The van der Waals surface area contributed by atoms with Gasteiger partial charge >= 0.3 is 5.97 Å². The third kappa shape index (κ3) is 3.86. The highest BCUT2D eigenvalue weighted by atomic mass is 32.2. The van der Waals surface area contributed by atoms with Crippen molar-refractivity contribution in [3.63, 3.8) is 0 Å². The lowest BCUT2D eigenvalue weighted by molar-refractivity contribution is 0.0734. The molecule has 0 fully saturated rings. The quantitative estimate of drug-likeness (QED) is 0.477. The summed E-state index contributed by atoms with van der Waals surface area (Å²) in [6.07, 6.45) is 1.55. The molecule has 3 aromatic rings. The standard InChI is InChI=1S/C22H18FNO4S/c23-18-10-12-19(13-11-18)28-22(25)17-6-3-8-20(15-17)29(26,27)24-14-4-7-16-5-1-2-9-21(16)24/h1-3,5-6,8-13,15H,4,7,14H2. The van der Waals surface area contributed by atoms with Crippen LogP contribution in [-0.4, -0.2) is 20.9 Å². The molecule has 0 saturated carbocycles. The Kier molecular flexibility index (Phi) is 5.07. The molecule has 0 amide bonds. The first-order chi connectivity index (χ1) is 13.9. The van der Waals surface area contributed by atoms with E-state index in [2.05, 4.69) is 0 Å². The van der Waals surface area contributed by atoms with Gasteiger partial charge in [0.15, 0.2) is 0 Å². The number of hydrogen-bond donors (Lipinski definition) is 0. The highest BCUT2D eigenvalue weighted by molar-refractivity contribution is 7.92. The summed E-state index contributed by atoms with van der Waals surface area (Å²) >= 11 is 0. The van der Waals surface area contributed by atoms with E-state index < -0.39 is 21.8 Å². The van der Waals surface area contributed by atoms with E-state index in [1.807, 2.05) is 18.2 Å². The third-order valence-corrected chi connectivity index (χ3v) is 6.56. The molecule has 0 spiro atoms. The minimum Gasteiger partial charge on any atom is -0.423 e. The van der Waals surface area contributed by atoms with Crippen molar-refractivity contribution in [3.05, 3.63) is 89.7 Å². The minimum atomic E-state index is -3.83. The fourth-order valence-electron chi connectivity index (χ4n) is 3.33. The van der Waals surface area contributed by atoms with Crippen LogP contribution in [0.1, 0.15) is 22.3 Å². The number of ether oxygens (including phenoxy) is 1. The van der Waals surface area contributed by atoms with E-state index in [-0.39, 0.29) is 16.2 Å². The molecule has 0 saturated heterocycles. The normalized spacial score (nSPS) is 13.6. The molecular weight excluding hydrogens is 393 g/mol. The van der Waals surface area contributed by atoms with Crippen molar-refractivity contribution < 1.29 is 22.3 Å². The van der Waals surface area contributed by atoms with Crippen LogP contribution >= 0.6 is 0 Å².